The van der Waals surface area contributed by atoms with E-state index in [1.165, 1.54) is 51.4 Å². The minimum atomic E-state index is 0.512. The molecule has 0 radical (unpaired) electrons. The molecule has 16 heavy (non-hydrogen) atoms. The van der Waals surface area contributed by atoms with E-state index in [-0.39, 0.29) is 0 Å². The second-order valence-corrected chi connectivity index (χ2v) is 6.20. The van der Waals surface area contributed by atoms with Gasteiger partial charge in [-0.05, 0) is 31.1 Å². The monoisotopic (exact) mass is 225 g/mol. The third-order valence-electron chi connectivity index (χ3n) is 4.34. The van der Waals surface area contributed by atoms with Crippen LogP contribution in [0.5, 0.6) is 0 Å². The van der Waals surface area contributed by atoms with E-state index in [0.29, 0.717) is 5.41 Å². The first-order valence-corrected chi connectivity index (χ1v) is 7.36. The van der Waals surface area contributed by atoms with E-state index in [9.17, 15) is 0 Å². The summed E-state index contributed by atoms with van der Waals surface area (Å²) in [6, 6.07) is 1.50. The van der Waals surface area contributed by atoms with Gasteiger partial charge in [0.15, 0.2) is 0 Å². The lowest BCUT2D eigenvalue weighted by Gasteiger charge is -2.41. The summed E-state index contributed by atoms with van der Waals surface area (Å²) in [6.45, 7) is 9.49. The van der Waals surface area contributed by atoms with Gasteiger partial charge in [-0.15, -0.1) is 0 Å². The Balaban J connectivity index is 2.42. The van der Waals surface area contributed by atoms with E-state index in [2.05, 4.69) is 33.0 Å². The molecule has 1 aliphatic rings. The summed E-state index contributed by atoms with van der Waals surface area (Å²) in [5, 5.41) is 3.93. The van der Waals surface area contributed by atoms with Crippen LogP contribution in [0.3, 0.4) is 0 Å². The molecule has 0 aliphatic heterocycles. The average Bonchev–Trinajstić information content (AvgIpc) is 2.26. The highest BCUT2D eigenvalue weighted by atomic mass is 15.0. The molecule has 0 aromatic carbocycles. The van der Waals surface area contributed by atoms with Crippen molar-refractivity contribution in [2.45, 2.75) is 91.1 Å². The largest absolute Gasteiger partial charge is 0.311 e. The Morgan fingerprint density at radius 1 is 1.25 bits per heavy atom. The average molecular weight is 225 g/mol. The maximum Gasteiger partial charge on any atom is 0.0121 e. The number of hydrogen-bond donors (Lipinski definition) is 1. The highest BCUT2D eigenvalue weighted by Gasteiger charge is 2.32. The second kappa shape index (κ2) is 6.64. The first-order chi connectivity index (χ1) is 7.60. The fourth-order valence-electron chi connectivity index (χ4n) is 2.94. The van der Waals surface area contributed by atoms with Crippen LogP contribution >= 0.6 is 0 Å². The third-order valence-corrected chi connectivity index (χ3v) is 4.34. The van der Waals surface area contributed by atoms with Gasteiger partial charge in [0, 0.05) is 12.1 Å². The van der Waals surface area contributed by atoms with E-state index in [1.54, 1.807) is 0 Å². The van der Waals surface area contributed by atoms with Crippen molar-refractivity contribution in [3.05, 3.63) is 0 Å². The molecule has 1 aliphatic carbocycles. The summed E-state index contributed by atoms with van der Waals surface area (Å²) in [4.78, 5) is 0. The molecule has 1 fully saturated rings. The predicted octanol–water partition coefficient (Wildman–Crippen LogP) is 4.51. The lowest BCUT2D eigenvalue weighted by Crippen LogP contribution is -2.48. The van der Waals surface area contributed by atoms with E-state index >= 15 is 0 Å². The first kappa shape index (κ1) is 14.0. The highest BCUT2D eigenvalue weighted by molar-refractivity contribution is 4.89. The molecule has 0 bridgehead atoms. The molecule has 1 nitrogen and oxygen atoms in total. The fraction of sp³-hybridized carbons (Fsp3) is 1.00. The Bertz CT molecular complexity index is 186. The van der Waals surface area contributed by atoms with Crippen LogP contribution < -0.4 is 5.32 Å². The van der Waals surface area contributed by atoms with Gasteiger partial charge in [0.25, 0.3) is 0 Å². The Hall–Kier alpha value is -0.0400. The predicted molar refractivity (Wildman–Crippen MR) is 72.8 cm³/mol. The molecule has 2 atom stereocenters. The fourth-order valence-corrected chi connectivity index (χ4v) is 2.94. The quantitative estimate of drug-likeness (QED) is 0.701. The lowest BCUT2D eigenvalue weighted by molar-refractivity contribution is 0.151. The molecule has 0 saturated heterocycles. The van der Waals surface area contributed by atoms with Crippen LogP contribution in [0.1, 0.15) is 79.1 Å². The Morgan fingerprint density at radius 2 is 2.00 bits per heavy atom. The molecule has 96 valence electrons. The van der Waals surface area contributed by atoms with Gasteiger partial charge in [-0.25, -0.2) is 0 Å². The van der Waals surface area contributed by atoms with Gasteiger partial charge in [0.05, 0.1) is 0 Å². The van der Waals surface area contributed by atoms with E-state index in [4.69, 9.17) is 0 Å². The molecule has 1 rings (SSSR count). The summed E-state index contributed by atoms with van der Waals surface area (Å²) < 4.78 is 0. The molecule has 0 heterocycles. The van der Waals surface area contributed by atoms with Crippen LogP contribution in [-0.4, -0.2) is 12.1 Å². The van der Waals surface area contributed by atoms with Gasteiger partial charge in [-0.2, -0.15) is 0 Å². The van der Waals surface area contributed by atoms with Gasteiger partial charge in [-0.1, -0.05) is 53.4 Å². The second-order valence-electron chi connectivity index (χ2n) is 6.20. The summed E-state index contributed by atoms with van der Waals surface area (Å²) >= 11 is 0. The normalized spacial score (nSPS) is 26.6. The summed E-state index contributed by atoms with van der Waals surface area (Å²) in [5.41, 5.74) is 0.512. The van der Waals surface area contributed by atoms with Crippen molar-refractivity contribution < 1.29 is 0 Å². The van der Waals surface area contributed by atoms with Crippen molar-refractivity contribution in [1.82, 2.24) is 5.32 Å². The summed E-state index contributed by atoms with van der Waals surface area (Å²) in [5.74, 6) is 0. The Kier molecular flexibility index (Phi) is 5.82. The van der Waals surface area contributed by atoms with Crippen LogP contribution in [0.4, 0.5) is 0 Å². The van der Waals surface area contributed by atoms with E-state index < -0.39 is 0 Å². The van der Waals surface area contributed by atoms with Gasteiger partial charge >= 0.3 is 0 Å². The standard InChI is InChI=1S/C15H31N/c1-5-7-10-13(6-2)16-14-11-8-9-12-15(14,3)4/h13-14,16H,5-12H2,1-4H3. The van der Waals surface area contributed by atoms with Crippen molar-refractivity contribution in [3.8, 4) is 0 Å². The summed E-state index contributed by atoms with van der Waals surface area (Å²) in [7, 11) is 0. The van der Waals surface area contributed by atoms with Crippen molar-refractivity contribution in [2.75, 3.05) is 0 Å². The van der Waals surface area contributed by atoms with Gasteiger partial charge < -0.3 is 5.32 Å². The first-order valence-electron chi connectivity index (χ1n) is 7.36. The third kappa shape index (κ3) is 4.08. The SMILES string of the molecule is CCCCC(CC)NC1CCCCC1(C)C. The van der Waals surface area contributed by atoms with Crippen molar-refractivity contribution in [3.63, 3.8) is 0 Å². The summed E-state index contributed by atoms with van der Waals surface area (Å²) in [6.07, 6.45) is 11.0. The minimum Gasteiger partial charge on any atom is -0.311 e. The van der Waals surface area contributed by atoms with Gasteiger partial charge in [0.2, 0.25) is 0 Å². The topological polar surface area (TPSA) is 12.0 Å². The maximum absolute atomic E-state index is 3.93. The van der Waals surface area contributed by atoms with Crippen molar-refractivity contribution >= 4 is 0 Å². The maximum atomic E-state index is 3.93. The van der Waals surface area contributed by atoms with E-state index in [0.717, 1.165) is 12.1 Å². The smallest absolute Gasteiger partial charge is 0.0121 e. The number of hydrogen-bond acceptors (Lipinski definition) is 1. The molecule has 1 heteroatoms. The number of nitrogens with one attached hydrogen (secondary N) is 1. The van der Waals surface area contributed by atoms with Crippen LogP contribution in [0.15, 0.2) is 0 Å². The Labute approximate surface area is 102 Å². The molecule has 0 aromatic heterocycles. The van der Waals surface area contributed by atoms with Gasteiger partial charge in [-0.3, -0.25) is 0 Å². The molecule has 2 unspecified atom stereocenters. The molecule has 0 spiro atoms. The van der Waals surface area contributed by atoms with Crippen LogP contribution in [0.25, 0.3) is 0 Å². The zero-order valence-corrected chi connectivity index (χ0v) is 11.8. The minimum absolute atomic E-state index is 0.512. The van der Waals surface area contributed by atoms with Crippen molar-refractivity contribution in [2.24, 2.45) is 5.41 Å². The van der Waals surface area contributed by atoms with Crippen LogP contribution in [0.2, 0.25) is 0 Å². The van der Waals surface area contributed by atoms with Crippen LogP contribution in [0, 0.1) is 5.41 Å². The molecule has 0 amide bonds. The number of rotatable bonds is 6. The zero-order chi connectivity index (χ0) is 12.0. The lowest BCUT2D eigenvalue weighted by atomic mass is 9.73. The molecular weight excluding hydrogens is 194 g/mol. The molecule has 0 aromatic rings. The highest BCUT2D eigenvalue weighted by Crippen LogP contribution is 2.35. The zero-order valence-electron chi connectivity index (χ0n) is 11.8. The van der Waals surface area contributed by atoms with Gasteiger partial charge in [0.1, 0.15) is 0 Å². The molecule has 1 saturated carbocycles. The molecule has 1 N–H and O–H groups in total. The molecular formula is C15H31N. The Morgan fingerprint density at radius 3 is 2.56 bits per heavy atom. The van der Waals surface area contributed by atoms with Crippen molar-refractivity contribution in [1.29, 1.82) is 0 Å². The number of unbranched alkanes of at least 4 members (excludes halogenated alkanes) is 1. The van der Waals surface area contributed by atoms with Crippen LogP contribution in [-0.2, 0) is 0 Å². The van der Waals surface area contributed by atoms with E-state index in [1.807, 2.05) is 0 Å².